The zero-order valence-electron chi connectivity index (χ0n) is 20.5. The van der Waals surface area contributed by atoms with Crippen molar-refractivity contribution >= 4 is 11.9 Å². The first-order valence-corrected chi connectivity index (χ1v) is 11.7. The van der Waals surface area contributed by atoms with Gasteiger partial charge in [-0.3, -0.25) is 4.79 Å². The Morgan fingerprint density at radius 2 is 1.79 bits per heavy atom. The fraction of sp³-hybridized carbons (Fsp3) is 0.462. The summed E-state index contributed by atoms with van der Waals surface area (Å²) in [6.45, 7) is 11.2. The Hall–Kier alpha value is -3.42. The van der Waals surface area contributed by atoms with Gasteiger partial charge in [-0.25, -0.2) is 9.78 Å². The minimum Gasteiger partial charge on any atom is -0.456 e. The van der Waals surface area contributed by atoms with Gasteiger partial charge in [-0.15, -0.1) is 0 Å². The highest BCUT2D eigenvalue weighted by atomic mass is 16.6. The molecule has 34 heavy (non-hydrogen) atoms. The molecule has 8 nitrogen and oxygen atoms in total. The number of aryl methyl sites for hydroxylation is 2. The minimum absolute atomic E-state index is 0.140. The van der Waals surface area contributed by atoms with Crippen molar-refractivity contribution in [2.75, 3.05) is 13.1 Å². The molecule has 8 heteroatoms. The van der Waals surface area contributed by atoms with Crippen molar-refractivity contribution in [3.63, 3.8) is 0 Å². The van der Waals surface area contributed by atoms with Crippen molar-refractivity contribution in [2.24, 2.45) is 0 Å². The molecule has 1 fully saturated rings. The third-order valence-electron chi connectivity index (χ3n) is 6.18. The number of aromatic nitrogens is 3. The van der Waals surface area contributed by atoms with E-state index in [9.17, 15) is 9.59 Å². The molecule has 0 N–H and O–H groups in total. The number of benzene rings is 1. The summed E-state index contributed by atoms with van der Waals surface area (Å²) < 4.78 is 13.0. The van der Waals surface area contributed by atoms with Gasteiger partial charge in [0, 0.05) is 37.0 Å². The molecule has 1 aliphatic heterocycles. The molecule has 0 bridgehead atoms. The third kappa shape index (κ3) is 5.05. The summed E-state index contributed by atoms with van der Waals surface area (Å²) in [5, 5.41) is 4.05. The number of ether oxygens (including phenoxy) is 1. The van der Waals surface area contributed by atoms with Crippen LogP contribution in [0.4, 0.5) is 0 Å². The maximum Gasteiger partial charge on any atom is 0.339 e. The smallest absolute Gasteiger partial charge is 0.339 e. The summed E-state index contributed by atoms with van der Waals surface area (Å²) in [6, 6.07) is 6.88. The molecule has 0 unspecified atom stereocenters. The van der Waals surface area contributed by atoms with E-state index in [4.69, 9.17) is 9.26 Å². The number of hydrogen-bond donors (Lipinski definition) is 0. The maximum atomic E-state index is 13.3. The predicted molar refractivity (Wildman–Crippen MR) is 127 cm³/mol. The van der Waals surface area contributed by atoms with Crippen LogP contribution < -0.4 is 0 Å². The Morgan fingerprint density at radius 3 is 2.41 bits per heavy atom. The van der Waals surface area contributed by atoms with E-state index in [2.05, 4.69) is 14.7 Å². The molecule has 2 aromatic heterocycles. The maximum absolute atomic E-state index is 13.3. The van der Waals surface area contributed by atoms with Gasteiger partial charge in [-0.1, -0.05) is 17.3 Å². The number of hydrogen-bond acceptors (Lipinski definition) is 6. The Labute approximate surface area is 199 Å². The molecular formula is C26H32N4O4. The van der Waals surface area contributed by atoms with Gasteiger partial charge >= 0.3 is 5.97 Å². The Balaban J connectivity index is 1.44. The molecule has 0 saturated carbocycles. The van der Waals surface area contributed by atoms with Crippen LogP contribution in [-0.2, 0) is 11.3 Å². The number of likely N-dealkylation sites (tertiary alicyclic amines) is 1. The summed E-state index contributed by atoms with van der Waals surface area (Å²) in [5.41, 5.74) is 2.03. The molecule has 1 amide bonds. The van der Waals surface area contributed by atoms with Crippen LogP contribution in [0.25, 0.3) is 0 Å². The lowest BCUT2D eigenvalue weighted by Gasteiger charge is -2.32. The molecule has 1 aliphatic rings. The standard InChI is InChI=1S/C26H32N4O4/c1-17-22(18(2)34-28-17)16-30-15-12-27-23(30)19-10-13-29(14-11-19)24(31)20-8-6-7-9-21(20)25(32)33-26(3,4)5/h6-9,12,15,19H,10-11,13-14,16H2,1-5H3. The SMILES string of the molecule is Cc1noc(C)c1Cn1ccnc1C1CCN(C(=O)c2ccccc2C(=O)OC(C)(C)C)CC1. The second-order valence-electron chi connectivity index (χ2n) is 9.83. The van der Waals surface area contributed by atoms with E-state index >= 15 is 0 Å². The van der Waals surface area contributed by atoms with Gasteiger partial charge in [0.25, 0.3) is 5.91 Å². The Kier molecular flexibility index (Phi) is 6.59. The van der Waals surface area contributed by atoms with Crippen LogP contribution in [-0.4, -0.2) is 50.2 Å². The van der Waals surface area contributed by atoms with Crippen LogP contribution in [0.1, 0.15) is 83.1 Å². The van der Waals surface area contributed by atoms with Crippen LogP contribution in [0, 0.1) is 13.8 Å². The largest absolute Gasteiger partial charge is 0.456 e. The van der Waals surface area contributed by atoms with Gasteiger partial charge in [-0.2, -0.15) is 0 Å². The summed E-state index contributed by atoms with van der Waals surface area (Å²) in [4.78, 5) is 32.4. The number of rotatable bonds is 5. The molecule has 180 valence electrons. The van der Waals surface area contributed by atoms with Gasteiger partial charge < -0.3 is 18.7 Å². The van der Waals surface area contributed by atoms with Crippen LogP contribution in [0.5, 0.6) is 0 Å². The second kappa shape index (κ2) is 9.44. The molecular weight excluding hydrogens is 432 g/mol. The van der Waals surface area contributed by atoms with Crippen molar-refractivity contribution in [2.45, 2.75) is 65.5 Å². The fourth-order valence-corrected chi connectivity index (χ4v) is 4.40. The molecule has 0 spiro atoms. The normalized spacial score (nSPS) is 14.9. The van der Waals surface area contributed by atoms with Crippen molar-refractivity contribution in [1.82, 2.24) is 19.6 Å². The predicted octanol–water partition coefficient (Wildman–Crippen LogP) is 4.51. The van der Waals surface area contributed by atoms with Crippen LogP contribution in [0.15, 0.2) is 41.2 Å². The molecule has 3 heterocycles. The molecule has 4 rings (SSSR count). The van der Waals surface area contributed by atoms with E-state index in [1.54, 1.807) is 24.3 Å². The second-order valence-corrected chi connectivity index (χ2v) is 9.83. The highest BCUT2D eigenvalue weighted by Crippen LogP contribution is 2.29. The summed E-state index contributed by atoms with van der Waals surface area (Å²) in [7, 11) is 0. The van der Waals surface area contributed by atoms with Gasteiger partial charge in [0.15, 0.2) is 0 Å². The number of piperidine rings is 1. The topological polar surface area (TPSA) is 90.5 Å². The monoisotopic (exact) mass is 464 g/mol. The zero-order valence-corrected chi connectivity index (χ0v) is 20.5. The average Bonchev–Trinajstić information content (AvgIpc) is 3.39. The van der Waals surface area contributed by atoms with E-state index in [-0.39, 0.29) is 11.8 Å². The zero-order chi connectivity index (χ0) is 24.5. The van der Waals surface area contributed by atoms with E-state index in [0.29, 0.717) is 30.8 Å². The van der Waals surface area contributed by atoms with Gasteiger partial charge in [0.1, 0.15) is 17.2 Å². The molecule has 0 aliphatic carbocycles. The van der Waals surface area contributed by atoms with E-state index in [1.165, 1.54) is 0 Å². The van der Waals surface area contributed by atoms with E-state index in [0.717, 1.165) is 35.7 Å². The number of imidazole rings is 1. The lowest BCUT2D eigenvalue weighted by atomic mass is 9.94. The quantitative estimate of drug-likeness (QED) is 0.516. The Morgan fingerprint density at radius 1 is 1.12 bits per heavy atom. The average molecular weight is 465 g/mol. The van der Waals surface area contributed by atoms with Gasteiger partial charge in [0.2, 0.25) is 0 Å². The van der Waals surface area contributed by atoms with Crippen LogP contribution in [0.2, 0.25) is 0 Å². The number of amides is 1. The van der Waals surface area contributed by atoms with Crippen molar-refractivity contribution in [1.29, 1.82) is 0 Å². The first-order valence-electron chi connectivity index (χ1n) is 11.7. The number of carbonyl (C=O) groups excluding carboxylic acids is 2. The highest BCUT2D eigenvalue weighted by molar-refractivity contribution is 6.05. The first-order chi connectivity index (χ1) is 16.1. The van der Waals surface area contributed by atoms with Crippen LogP contribution in [0.3, 0.4) is 0 Å². The lowest BCUT2D eigenvalue weighted by molar-refractivity contribution is 0.00664. The summed E-state index contributed by atoms with van der Waals surface area (Å²) in [5.74, 6) is 1.47. The molecule has 0 atom stereocenters. The number of nitrogens with zero attached hydrogens (tertiary/aromatic N) is 4. The molecule has 3 aromatic rings. The van der Waals surface area contributed by atoms with Gasteiger partial charge in [-0.05, 0) is 59.6 Å². The number of esters is 1. The third-order valence-corrected chi connectivity index (χ3v) is 6.18. The molecule has 0 radical (unpaired) electrons. The molecule has 1 aromatic carbocycles. The Bertz CT molecular complexity index is 1160. The number of carbonyl (C=O) groups is 2. The first kappa shape index (κ1) is 23.7. The van der Waals surface area contributed by atoms with Crippen molar-refractivity contribution in [3.8, 4) is 0 Å². The fourth-order valence-electron chi connectivity index (χ4n) is 4.40. The lowest BCUT2D eigenvalue weighted by Crippen LogP contribution is -2.39. The van der Waals surface area contributed by atoms with Crippen LogP contribution >= 0.6 is 0 Å². The van der Waals surface area contributed by atoms with Crippen molar-refractivity contribution in [3.05, 3.63) is 70.6 Å². The minimum atomic E-state index is -0.628. The van der Waals surface area contributed by atoms with E-state index < -0.39 is 11.6 Å². The highest BCUT2D eigenvalue weighted by Gasteiger charge is 2.30. The molecule has 1 saturated heterocycles. The van der Waals surface area contributed by atoms with Crippen molar-refractivity contribution < 1.29 is 18.8 Å². The van der Waals surface area contributed by atoms with E-state index in [1.807, 2.05) is 51.9 Å². The van der Waals surface area contributed by atoms with Gasteiger partial charge in [0.05, 0.1) is 23.4 Å². The summed E-state index contributed by atoms with van der Waals surface area (Å²) >= 11 is 0. The summed E-state index contributed by atoms with van der Waals surface area (Å²) in [6.07, 6.45) is 5.41.